The Bertz CT molecular complexity index is 383. The monoisotopic (exact) mass is 237 g/mol. The van der Waals surface area contributed by atoms with E-state index in [2.05, 4.69) is 0 Å². The summed E-state index contributed by atoms with van der Waals surface area (Å²) in [7, 11) is 0. The Hall–Kier alpha value is -1.26. The second-order valence-corrected chi connectivity index (χ2v) is 4.44. The summed E-state index contributed by atoms with van der Waals surface area (Å²) in [6.07, 6.45) is 1.21. The van der Waals surface area contributed by atoms with Crippen molar-refractivity contribution in [2.45, 2.75) is 18.9 Å². The van der Waals surface area contributed by atoms with Crippen molar-refractivity contribution in [2.75, 3.05) is 19.6 Å². The summed E-state index contributed by atoms with van der Waals surface area (Å²) in [5.41, 5.74) is 0.539. The largest absolute Gasteiger partial charge is 0.393 e. The predicted octanol–water partition coefficient (Wildman–Crippen LogP) is 1.47. The van der Waals surface area contributed by atoms with Crippen LogP contribution in [0.5, 0.6) is 0 Å². The van der Waals surface area contributed by atoms with Crippen LogP contribution in [0.1, 0.15) is 23.2 Å². The number of carbonyl (C=O) groups is 1. The zero-order chi connectivity index (χ0) is 12.3. The van der Waals surface area contributed by atoms with Crippen LogP contribution in [0.25, 0.3) is 0 Å². The van der Waals surface area contributed by atoms with Gasteiger partial charge in [0.25, 0.3) is 0 Å². The molecule has 92 valence electrons. The molecule has 1 aromatic rings. The number of carbonyl (C=O) groups excluding carboxylic acids is 1. The summed E-state index contributed by atoms with van der Waals surface area (Å²) in [6, 6.07) is 5.62. The van der Waals surface area contributed by atoms with Crippen molar-refractivity contribution in [2.24, 2.45) is 0 Å². The Morgan fingerprint density at radius 3 is 2.47 bits per heavy atom. The molecular formula is C13H16FNO2. The molecule has 1 saturated heterocycles. The van der Waals surface area contributed by atoms with E-state index in [1.165, 1.54) is 24.3 Å². The molecule has 1 fully saturated rings. The maximum atomic E-state index is 12.7. The molecule has 0 amide bonds. The molecule has 0 spiro atoms. The van der Waals surface area contributed by atoms with Crippen molar-refractivity contribution in [1.82, 2.24) is 4.90 Å². The van der Waals surface area contributed by atoms with Gasteiger partial charge < -0.3 is 5.11 Å². The molecular weight excluding hydrogens is 221 g/mol. The fourth-order valence-electron chi connectivity index (χ4n) is 2.01. The number of aliphatic hydroxyl groups excluding tert-OH is 1. The Balaban J connectivity index is 1.91. The maximum Gasteiger partial charge on any atom is 0.176 e. The van der Waals surface area contributed by atoms with Gasteiger partial charge in [0.05, 0.1) is 12.6 Å². The number of hydrogen-bond acceptors (Lipinski definition) is 3. The Kier molecular flexibility index (Phi) is 3.86. The van der Waals surface area contributed by atoms with Crippen molar-refractivity contribution in [3.8, 4) is 0 Å². The van der Waals surface area contributed by atoms with Crippen molar-refractivity contribution < 1.29 is 14.3 Å². The molecule has 0 atom stereocenters. The van der Waals surface area contributed by atoms with E-state index in [4.69, 9.17) is 0 Å². The number of benzene rings is 1. The minimum absolute atomic E-state index is 0.00129. The lowest BCUT2D eigenvalue weighted by Crippen LogP contribution is -2.39. The first-order chi connectivity index (χ1) is 8.15. The van der Waals surface area contributed by atoms with Crippen molar-refractivity contribution in [3.05, 3.63) is 35.6 Å². The zero-order valence-electron chi connectivity index (χ0n) is 9.60. The Morgan fingerprint density at radius 1 is 1.29 bits per heavy atom. The van der Waals surface area contributed by atoms with Gasteiger partial charge in [-0.2, -0.15) is 0 Å². The molecule has 0 saturated carbocycles. The highest BCUT2D eigenvalue weighted by Crippen LogP contribution is 2.11. The summed E-state index contributed by atoms with van der Waals surface area (Å²) in [5, 5.41) is 9.36. The van der Waals surface area contributed by atoms with E-state index in [0.717, 1.165) is 25.9 Å². The number of hydrogen-bond donors (Lipinski definition) is 1. The SMILES string of the molecule is O=C(CN1CCC(O)CC1)c1ccc(F)cc1. The third-order valence-corrected chi connectivity index (χ3v) is 3.09. The summed E-state index contributed by atoms with van der Waals surface area (Å²) in [6.45, 7) is 1.83. The molecule has 0 unspecified atom stereocenters. The molecule has 1 aliphatic rings. The van der Waals surface area contributed by atoms with Crippen LogP contribution in [0.15, 0.2) is 24.3 Å². The molecule has 1 N–H and O–H groups in total. The summed E-state index contributed by atoms with van der Waals surface area (Å²) in [4.78, 5) is 13.9. The van der Waals surface area contributed by atoms with Gasteiger partial charge in [0.15, 0.2) is 5.78 Å². The molecule has 2 rings (SSSR count). The third kappa shape index (κ3) is 3.35. The number of ketones is 1. The van der Waals surface area contributed by atoms with Crippen molar-refractivity contribution in [3.63, 3.8) is 0 Å². The van der Waals surface area contributed by atoms with E-state index in [1.807, 2.05) is 4.90 Å². The molecule has 0 bridgehead atoms. The van der Waals surface area contributed by atoms with Crippen LogP contribution in [0.4, 0.5) is 4.39 Å². The number of halogens is 1. The summed E-state index contributed by atoms with van der Waals surface area (Å²) in [5.74, 6) is -0.330. The van der Waals surface area contributed by atoms with Crippen molar-refractivity contribution >= 4 is 5.78 Å². The molecule has 1 heterocycles. The van der Waals surface area contributed by atoms with E-state index in [0.29, 0.717) is 12.1 Å². The maximum absolute atomic E-state index is 12.7. The van der Waals surface area contributed by atoms with Gasteiger partial charge in [-0.3, -0.25) is 9.69 Å². The molecule has 17 heavy (non-hydrogen) atoms. The lowest BCUT2D eigenvalue weighted by Gasteiger charge is -2.28. The zero-order valence-corrected chi connectivity index (χ0v) is 9.60. The highest BCUT2D eigenvalue weighted by molar-refractivity contribution is 5.97. The standard InChI is InChI=1S/C13H16FNO2/c14-11-3-1-10(2-4-11)13(17)9-15-7-5-12(16)6-8-15/h1-4,12,16H,5-9H2. The average molecular weight is 237 g/mol. The minimum atomic E-state index is -0.331. The van der Waals surface area contributed by atoms with E-state index in [9.17, 15) is 14.3 Å². The van der Waals surface area contributed by atoms with Crippen LogP contribution in [0.3, 0.4) is 0 Å². The van der Waals surface area contributed by atoms with Crippen LogP contribution in [-0.2, 0) is 0 Å². The highest BCUT2D eigenvalue weighted by atomic mass is 19.1. The third-order valence-electron chi connectivity index (χ3n) is 3.09. The van der Waals surface area contributed by atoms with E-state index >= 15 is 0 Å². The molecule has 0 aromatic heterocycles. The lowest BCUT2D eigenvalue weighted by molar-refractivity contribution is 0.0711. The lowest BCUT2D eigenvalue weighted by atomic mass is 10.1. The first kappa shape index (κ1) is 12.2. The van der Waals surface area contributed by atoms with Crippen LogP contribution < -0.4 is 0 Å². The first-order valence-corrected chi connectivity index (χ1v) is 5.84. The Morgan fingerprint density at radius 2 is 1.88 bits per heavy atom. The van der Waals surface area contributed by atoms with Gasteiger partial charge in [-0.05, 0) is 37.1 Å². The molecule has 3 nitrogen and oxygen atoms in total. The number of piperidine rings is 1. The quantitative estimate of drug-likeness (QED) is 0.809. The van der Waals surface area contributed by atoms with Gasteiger partial charge in [0, 0.05) is 18.7 Å². The number of Topliss-reactive ketones (excluding diaryl/α,β-unsaturated/α-hetero) is 1. The van der Waals surface area contributed by atoms with Gasteiger partial charge in [-0.15, -0.1) is 0 Å². The Labute approximate surface area is 99.9 Å². The van der Waals surface area contributed by atoms with Gasteiger partial charge in [0.2, 0.25) is 0 Å². The normalized spacial score (nSPS) is 18.2. The molecule has 0 aliphatic carbocycles. The smallest absolute Gasteiger partial charge is 0.176 e. The van der Waals surface area contributed by atoms with E-state index < -0.39 is 0 Å². The molecule has 4 heteroatoms. The number of nitrogens with zero attached hydrogens (tertiary/aromatic N) is 1. The molecule has 0 radical (unpaired) electrons. The van der Waals surface area contributed by atoms with Gasteiger partial charge in [-0.25, -0.2) is 4.39 Å². The van der Waals surface area contributed by atoms with Gasteiger partial charge in [0.1, 0.15) is 5.82 Å². The van der Waals surface area contributed by atoms with E-state index in [1.54, 1.807) is 0 Å². The number of aliphatic hydroxyl groups is 1. The average Bonchev–Trinajstić information content (AvgIpc) is 2.33. The van der Waals surface area contributed by atoms with Crippen LogP contribution in [-0.4, -0.2) is 41.5 Å². The first-order valence-electron chi connectivity index (χ1n) is 5.84. The number of likely N-dealkylation sites (tertiary alicyclic amines) is 1. The highest BCUT2D eigenvalue weighted by Gasteiger charge is 2.19. The number of rotatable bonds is 3. The summed E-state index contributed by atoms with van der Waals surface area (Å²) >= 11 is 0. The second-order valence-electron chi connectivity index (χ2n) is 4.44. The molecule has 1 aromatic carbocycles. The summed E-state index contributed by atoms with van der Waals surface area (Å²) < 4.78 is 12.7. The van der Waals surface area contributed by atoms with E-state index in [-0.39, 0.29) is 17.7 Å². The van der Waals surface area contributed by atoms with Gasteiger partial charge >= 0.3 is 0 Å². The minimum Gasteiger partial charge on any atom is -0.393 e. The van der Waals surface area contributed by atoms with Crippen molar-refractivity contribution in [1.29, 1.82) is 0 Å². The predicted molar refractivity (Wildman–Crippen MR) is 62.4 cm³/mol. The topological polar surface area (TPSA) is 40.5 Å². The second kappa shape index (κ2) is 5.38. The van der Waals surface area contributed by atoms with Crippen LogP contribution >= 0.6 is 0 Å². The fraction of sp³-hybridized carbons (Fsp3) is 0.462. The molecule has 1 aliphatic heterocycles. The van der Waals surface area contributed by atoms with Crippen LogP contribution in [0, 0.1) is 5.82 Å². The van der Waals surface area contributed by atoms with Crippen LogP contribution in [0.2, 0.25) is 0 Å². The fourth-order valence-corrected chi connectivity index (χ4v) is 2.01. The van der Waals surface area contributed by atoms with Gasteiger partial charge in [-0.1, -0.05) is 0 Å².